The first-order valence-corrected chi connectivity index (χ1v) is 7.01. The van der Waals surface area contributed by atoms with E-state index < -0.39 is 44.9 Å². The van der Waals surface area contributed by atoms with Crippen LogP contribution < -0.4 is 4.72 Å². The first-order chi connectivity index (χ1) is 8.93. The molecule has 1 rings (SSSR count). The van der Waals surface area contributed by atoms with Gasteiger partial charge in [0.05, 0.1) is 16.9 Å². The minimum absolute atomic E-state index is 0.481. The lowest BCUT2D eigenvalue weighted by Gasteiger charge is -2.28. The summed E-state index contributed by atoms with van der Waals surface area (Å²) < 4.78 is 64.9. The molecule has 1 heterocycles. The molecule has 1 aromatic heterocycles. The molecule has 2 atom stereocenters. The molecule has 0 radical (unpaired) electrons. The fourth-order valence-electron chi connectivity index (χ4n) is 1.20. The number of pyridine rings is 1. The molecule has 0 bridgehead atoms. The zero-order valence-corrected chi connectivity index (χ0v) is 12.5. The lowest BCUT2D eigenvalue weighted by Crippen LogP contribution is -2.46. The van der Waals surface area contributed by atoms with Gasteiger partial charge in [0, 0.05) is 11.4 Å². The van der Waals surface area contributed by atoms with Crippen LogP contribution in [0.1, 0.15) is 32.5 Å². The molecule has 0 aliphatic rings. The van der Waals surface area contributed by atoms with E-state index >= 15 is 0 Å². The largest absolute Gasteiger partial charge is 0.598 e. The van der Waals surface area contributed by atoms with E-state index in [4.69, 9.17) is 11.6 Å². The fraction of sp³-hybridized carbons (Fsp3) is 0.545. The minimum Gasteiger partial charge on any atom is -0.598 e. The molecule has 0 amide bonds. The van der Waals surface area contributed by atoms with Crippen LogP contribution in [0.3, 0.4) is 0 Å². The van der Waals surface area contributed by atoms with Gasteiger partial charge in [-0.05, 0) is 26.8 Å². The summed E-state index contributed by atoms with van der Waals surface area (Å²) in [5.41, 5.74) is -0.613. The summed E-state index contributed by atoms with van der Waals surface area (Å²) in [7, 11) is 0. The highest BCUT2D eigenvalue weighted by atomic mass is 35.5. The Bertz CT molecular complexity index is 478. The third kappa shape index (κ3) is 4.47. The predicted octanol–water partition coefficient (Wildman–Crippen LogP) is 3.53. The molecule has 0 saturated heterocycles. The Morgan fingerprint density at radius 1 is 1.35 bits per heavy atom. The van der Waals surface area contributed by atoms with Gasteiger partial charge in [-0.1, -0.05) is 11.6 Å². The second kappa shape index (κ2) is 6.05. The monoisotopic (exact) mass is 332 g/mol. The Hall–Kier alpha value is -0.570. The van der Waals surface area contributed by atoms with Gasteiger partial charge in [0.15, 0.2) is 6.04 Å². The second-order valence-corrected chi connectivity index (χ2v) is 7.40. The third-order valence-electron chi connectivity index (χ3n) is 2.22. The standard InChI is InChI=1S/C11H13ClF4N2OS/c1-10(2,3)20(19)18-9(11(14,15)16)8-7(12)4-6(13)5-17-8/h4-5,9,18H,1-3H3/t9?,20-/m0/s1. The van der Waals surface area contributed by atoms with Crippen LogP contribution in [0.2, 0.25) is 5.02 Å². The van der Waals surface area contributed by atoms with Crippen molar-refractivity contribution >= 4 is 23.0 Å². The zero-order valence-electron chi connectivity index (χ0n) is 10.9. The second-order valence-electron chi connectivity index (χ2n) is 4.99. The van der Waals surface area contributed by atoms with Crippen LogP contribution in [0.5, 0.6) is 0 Å². The topological polar surface area (TPSA) is 48.0 Å². The first kappa shape index (κ1) is 17.5. The molecule has 1 N–H and O–H groups in total. The minimum atomic E-state index is -4.77. The van der Waals surface area contributed by atoms with E-state index in [9.17, 15) is 22.1 Å². The van der Waals surface area contributed by atoms with E-state index in [1.54, 1.807) is 0 Å². The van der Waals surface area contributed by atoms with Gasteiger partial charge in [-0.2, -0.15) is 13.2 Å². The van der Waals surface area contributed by atoms with Gasteiger partial charge in [-0.3, -0.25) is 4.98 Å². The van der Waals surface area contributed by atoms with E-state index in [1.807, 2.05) is 4.72 Å². The molecule has 1 unspecified atom stereocenters. The van der Waals surface area contributed by atoms with Gasteiger partial charge in [-0.15, -0.1) is 4.72 Å². The summed E-state index contributed by atoms with van der Waals surface area (Å²) in [6, 6.07) is -1.61. The Labute approximate surface area is 122 Å². The zero-order chi connectivity index (χ0) is 15.7. The van der Waals surface area contributed by atoms with Crippen molar-refractivity contribution in [1.82, 2.24) is 9.71 Å². The van der Waals surface area contributed by atoms with E-state index in [0.717, 1.165) is 6.07 Å². The SMILES string of the molecule is CC(C)(C)[S@+]([O-])NC(c1ncc(F)cc1Cl)C(F)(F)F. The van der Waals surface area contributed by atoms with Crippen LogP contribution in [-0.2, 0) is 11.4 Å². The summed E-state index contributed by atoms with van der Waals surface area (Å²) >= 11 is 3.60. The summed E-state index contributed by atoms with van der Waals surface area (Å²) in [4.78, 5) is 3.36. The molecule has 114 valence electrons. The normalized spacial score (nSPS) is 16.1. The van der Waals surface area contributed by atoms with Gasteiger partial charge in [0.25, 0.3) is 0 Å². The molecular weight excluding hydrogens is 320 g/mol. The highest BCUT2D eigenvalue weighted by Crippen LogP contribution is 2.36. The summed E-state index contributed by atoms with van der Waals surface area (Å²) in [6.45, 7) is 4.55. The van der Waals surface area contributed by atoms with Gasteiger partial charge in [0.2, 0.25) is 0 Å². The lowest BCUT2D eigenvalue weighted by molar-refractivity contribution is -0.153. The van der Waals surface area contributed by atoms with Gasteiger partial charge in [-0.25, -0.2) is 4.39 Å². The molecule has 9 heteroatoms. The van der Waals surface area contributed by atoms with Crippen molar-refractivity contribution in [3.63, 3.8) is 0 Å². The molecule has 3 nitrogen and oxygen atoms in total. The number of hydrogen-bond acceptors (Lipinski definition) is 3. The number of nitrogens with zero attached hydrogens (tertiary/aromatic N) is 1. The van der Waals surface area contributed by atoms with Crippen molar-refractivity contribution in [2.45, 2.75) is 37.7 Å². The molecule has 0 spiro atoms. The highest BCUT2D eigenvalue weighted by Gasteiger charge is 2.47. The van der Waals surface area contributed by atoms with Crippen molar-refractivity contribution in [2.75, 3.05) is 0 Å². The molecule has 20 heavy (non-hydrogen) atoms. The van der Waals surface area contributed by atoms with E-state index in [-0.39, 0.29) is 0 Å². The van der Waals surface area contributed by atoms with Crippen LogP contribution in [0.4, 0.5) is 17.6 Å². The molecule has 0 aliphatic heterocycles. The molecule has 1 aromatic rings. The number of halogens is 5. The Morgan fingerprint density at radius 3 is 2.30 bits per heavy atom. The number of hydrogen-bond donors (Lipinski definition) is 1. The number of rotatable bonds is 3. The van der Waals surface area contributed by atoms with Crippen LogP contribution in [0.25, 0.3) is 0 Å². The van der Waals surface area contributed by atoms with Crippen LogP contribution in [-0.4, -0.2) is 20.5 Å². The quantitative estimate of drug-likeness (QED) is 0.680. The van der Waals surface area contributed by atoms with Crippen LogP contribution >= 0.6 is 11.6 Å². The van der Waals surface area contributed by atoms with E-state index in [2.05, 4.69) is 4.98 Å². The van der Waals surface area contributed by atoms with E-state index in [0.29, 0.717) is 6.20 Å². The molecular formula is C11H13ClF4N2OS. The van der Waals surface area contributed by atoms with Crippen molar-refractivity contribution in [1.29, 1.82) is 0 Å². The molecule has 0 aliphatic carbocycles. The summed E-state index contributed by atoms with van der Waals surface area (Å²) in [5.74, 6) is -0.850. The summed E-state index contributed by atoms with van der Waals surface area (Å²) in [5, 5.41) is -0.481. The average Bonchev–Trinajstić information content (AvgIpc) is 2.23. The van der Waals surface area contributed by atoms with Gasteiger partial charge < -0.3 is 4.55 Å². The van der Waals surface area contributed by atoms with Crippen LogP contribution in [0.15, 0.2) is 12.3 Å². The maximum absolute atomic E-state index is 13.0. The third-order valence-corrected chi connectivity index (χ3v) is 4.08. The maximum Gasteiger partial charge on any atom is 0.413 e. The molecule has 0 aromatic carbocycles. The Kier molecular flexibility index (Phi) is 5.29. The van der Waals surface area contributed by atoms with Gasteiger partial charge in [0.1, 0.15) is 10.6 Å². The Morgan fingerprint density at radius 2 is 1.90 bits per heavy atom. The van der Waals surface area contributed by atoms with Crippen molar-refractivity contribution in [3.8, 4) is 0 Å². The predicted molar refractivity (Wildman–Crippen MR) is 69.0 cm³/mol. The summed E-state index contributed by atoms with van der Waals surface area (Å²) in [6.07, 6.45) is -4.14. The molecule has 0 fully saturated rings. The van der Waals surface area contributed by atoms with Crippen molar-refractivity contribution in [3.05, 3.63) is 28.8 Å². The highest BCUT2D eigenvalue weighted by molar-refractivity contribution is 7.90. The van der Waals surface area contributed by atoms with Crippen molar-refractivity contribution in [2.24, 2.45) is 0 Å². The number of alkyl halides is 3. The smallest absolute Gasteiger partial charge is 0.413 e. The number of nitrogens with one attached hydrogen (secondary N) is 1. The first-order valence-electron chi connectivity index (χ1n) is 5.48. The van der Waals surface area contributed by atoms with Crippen LogP contribution in [0, 0.1) is 5.82 Å². The average molecular weight is 333 g/mol. The van der Waals surface area contributed by atoms with Crippen molar-refractivity contribution < 1.29 is 22.1 Å². The lowest BCUT2D eigenvalue weighted by atomic mass is 10.2. The number of aromatic nitrogens is 1. The fourth-order valence-corrected chi connectivity index (χ4v) is 2.27. The molecule has 0 saturated carbocycles. The maximum atomic E-state index is 13.0. The van der Waals surface area contributed by atoms with E-state index in [1.165, 1.54) is 20.8 Å². The van der Waals surface area contributed by atoms with Gasteiger partial charge >= 0.3 is 6.18 Å². The Balaban J connectivity index is 3.14.